The number of nitrogens with zero attached hydrogens (tertiary/aromatic N) is 3. The third-order valence-electron chi connectivity index (χ3n) is 2.84. The molecule has 1 N–H and O–H groups in total. The smallest absolute Gasteiger partial charge is 0.233 e. The van der Waals surface area contributed by atoms with Gasteiger partial charge in [0.1, 0.15) is 0 Å². The summed E-state index contributed by atoms with van der Waals surface area (Å²) >= 11 is 1.34. The summed E-state index contributed by atoms with van der Waals surface area (Å²) in [7, 11) is 0. The van der Waals surface area contributed by atoms with Gasteiger partial charge < -0.3 is 9.73 Å². The number of rotatable bonds is 8. The van der Waals surface area contributed by atoms with Gasteiger partial charge >= 0.3 is 0 Å². The summed E-state index contributed by atoms with van der Waals surface area (Å²) in [6, 6.07) is 3.61. The number of hydrogen-bond donors (Lipinski definition) is 1. The fraction of sp³-hybridized carbons (Fsp3) is 0.267. The molecule has 0 bridgehead atoms. The summed E-state index contributed by atoms with van der Waals surface area (Å²) < 4.78 is 7.24. The van der Waals surface area contributed by atoms with Crippen LogP contribution in [0.4, 0.5) is 0 Å². The third-order valence-corrected chi connectivity index (χ3v) is 3.92. The van der Waals surface area contributed by atoms with E-state index in [-0.39, 0.29) is 11.2 Å². The Labute approximate surface area is 133 Å². The van der Waals surface area contributed by atoms with E-state index in [2.05, 4.69) is 28.7 Å². The number of nitrogens with one attached hydrogen (secondary N) is 1. The molecule has 6 nitrogen and oxygen atoms in total. The Kier molecular flexibility index (Phi) is 5.60. The first kappa shape index (κ1) is 16.1. The summed E-state index contributed by atoms with van der Waals surface area (Å²) in [5.74, 6) is 1.17. The van der Waals surface area contributed by atoms with Gasteiger partial charge in [-0.05, 0) is 19.1 Å². The Bertz CT molecular complexity index is 649. The number of carbonyl (C=O) groups is 1. The van der Waals surface area contributed by atoms with Crippen LogP contribution < -0.4 is 5.32 Å². The molecule has 0 spiro atoms. The number of carbonyl (C=O) groups excluding carboxylic acids is 1. The molecule has 0 aliphatic rings. The van der Waals surface area contributed by atoms with Gasteiger partial charge in [0.2, 0.25) is 11.7 Å². The average molecular weight is 318 g/mol. The van der Waals surface area contributed by atoms with Crippen LogP contribution >= 0.6 is 11.8 Å². The predicted molar refractivity (Wildman–Crippen MR) is 86.4 cm³/mol. The Hall–Kier alpha value is -2.28. The highest BCUT2D eigenvalue weighted by molar-refractivity contribution is 8.00. The molecule has 0 aliphatic heterocycles. The zero-order chi connectivity index (χ0) is 15.9. The normalized spacial score (nSPS) is 11.9. The second-order valence-electron chi connectivity index (χ2n) is 4.48. The maximum Gasteiger partial charge on any atom is 0.233 e. The van der Waals surface area contributed by atoms with E-state index in [4.69, 9.17) is 4.42 Å². The molecule has 0 aliphatic carbocycles. The van der Waals surface area contributed by atoms with Gasteiger partial charge in [-0.15, -0.1) is 23.4 Å². The first-order chi connectivity index (χ1) is 10.7. The minimum atomic E-state index is -0.294. The van der Waals surface area contributed by atoms with Crippen molar-refractivity contribution in [3.63, 3.8) is 0 Å². The minimum absolute atomic E-state index is 0.0717. The number of hydrogen-bond acceptors (Lipinski definition) is 5. The quantitative estimate of drug-likeness (QED) is 0.598. The van der Waals surface area contributed by atoms with Crippen LogP contribution in [0.1, 0.15) is 6.92 Å². The molecule has 2 rings (SSSR count). The highest BCUT2D eigenvalue weighted by Crippen LogP contribution is 2.27. The molecule has 1 unspecified atom stereocenters. The maximum atomic E-state index is 11.9. The van der Waals surface area contributed by atoms with Crippen molar-refractivity contribution < 1.29 is 9.21 Å². The molecular weight excluding hydrogens is 300 g/mol. The van der Waals surface area contributed by atoms with Crippen molar-refractivity contribution in [2.45, 2.75) is 23.9 Å². The summed E-state index contributed by atoms with van der Waals surface area (Å²) in [4.78, 5) is 11.9. The van der Waals surface area contributed by atoms with Crippen molar-refractivity contribution in [1.29, 1.82) is 0 Å². The lowest BCUT2D eigenvalue weighted by atomic mass is 10.4. The predicted octanol–water partition coefficient (Wildman–Crippen LogP) is 2.51. The van der Waals surface area contributed by atoms with Crippen LogP contribution in [-0.4, -0.2) is 32.5 Å². The van der Waals surface area contributed by atoms with E-state index in [9.17, 15) is 4.79 Å². The maximum absolute atomic E-state index is 11.9. The lowest BCUT2D eigenvalue weighted by Crippen LogP contribution is -2.31. The summed E-state index contributed by atoms with van der Waals surface area (Å²) in [5.41, 5.74) is 0. The van der Waals surface area contributed by atoms with Crippen LogP contribution in [0.15, 0.2) is 53.3 Å². The van der Waals surface area contributed by atoms with Gasteiger partial charge in [-0.1, -0.05) is 23.9 Å². The van der Waals surface area contributed by atoms with Crippen LogP contribution in [0.3, 0.4) is 0 Å². The van der Waals surface area contributed by atoms with Crippen LogP contribution in [-0.2, 0) is 11.3 Å². The van der Waals surface area contributed by atoms with Gasteiger partial charge in [-0.2, -0.15) is 0 Å². The number of allylic oxidation sites excluding steroid dienone is 1. The third kappa shape index (κ3) is 3.67. The van der Waals surface area contributed by atoms with Crippen molar-refractivity contribution in [3.8, 4) is 11.6 Å². The van der Waals surface area contributed by atoms with Crippen molar-refractivity contribution in [1.82, 2.24) is 20.1 Å². The standard InChI is InChI=1S/C15H18N4O2S/c1-4-8-16-14(20)11(3)22-15-18-17-13(19(15)9-5-2)12-7-6-10-21-12/h4-7,10-11H,1-2,8-9H2,3H3,(H,16,20). The molecule has 22 heavy (non-hydrogen) atoms. The van der Waals surface area contributed by atoms with Gasteiger partial charge in [-0.25, -0.2) is 0 Å². The molecule has 2 aromatic rings. The van der Waals surface area contributed by atoms with E-state index < -0.39 is 0 Å². The molecule has 0 saturated heterocycles. The number of aromatic nitrogens is 3. The van der Waals surface area contributed by atoms with Crippen LogP contribution in [0, 0.1) is 0 Å². The Balaban J connectivity index is 2.18. The van der Waals surface area contributed by atoms with Gasteiger partial charge in [-0.3, -0.25) is 9.36 Å². The number of amides is 1. The van der Waals surface area contributed by atoms with Gasteiger partial charge in [0.05, 0.1) is 11.5 Å². The van der Waals surface area contributed by atoms with E-state index in [1.807, 2.05) is 17.6 Å². The first-order valence-corrected chi connectivity index (χ1v) is 7.68. The minimum Gasteiger partial charge on any atom is -0.461 e. The van der Waals surface area contributed by atoms with Crippen molar-refractivity contribution in [2.24, 2.45) is 0 Å². The average Bonchev–Trinajstić information content (AvgIpc) is 3.15. The lowest BCUT2D eigenvalue weighted by Gasteiger charge is -2.11. The Morgan fingerprint density at radius 2 is 2.32 bits per heavy atom. The van der Waals surface area contributed by atoms with Gasteiger partial charge in [0.15, 0.2) is 10.9 Å². The van der Waals surface area contributed by atoms with Gasteiger partial charge in [0, 0.05) is 13.1 Å². The summed E-state index contributed by atoms with van der Waals surface area (Å²) in [6.45, 7) is 10.1. The first-order valence-electron chi connectivity index (χ1n) is 6.80. The molecule has 0 radical (unpaired) electrons. The fourth-order valence-corrected chi connectivity index (χ4v) is 2.67. The molecule has 1 atom stereocenters. The molecule has 0 saturated carbocycles. The molecule has 116 valence electrons. The summed E-state index contributed by atoms with van der Waals surface area (Å²) in [5, 5.41) is 11.4. The number of thioether (sulfide) groups is 1. The zero-order valence-electron chi connectivity index (χ0n) is 12.4. The van der Waals surface area contributed by atoms with Crippen LogP contribution in [0.5, 0.6) is 0 Å². The Morgan fingerprint density at radius 1 is 1.50 bits per heavy atom. The zero-order valence-corrected chi connectivity index (χ0v) is 13.2. The molecule has 2 aromatic heterocycles. The van der Waals surface area contributed by atoms with E-state index >= 15 is 0 Å². The topological polar surface area (TPSA) is 73.0 Å². The van der Waals surface area contributed by atoms with E-state index in [0.717, 1.165) is 0 Å². The Morgan fingerprint density at radius 3 is 2.95 bits per heavy atom. The highest BCUT2D eigenvalue weighted by Gasteiger charge is 2.20. The largest absolute Gasteiger partial charge is 0.461 e. The van der Waals surface area contributed by atoms with Crippen molar-refractivity contribution in [2.75, 3.05) is 6.54 Å². The second-order valence-corrected chi connectivity index (χ2v) is 5.78. The molecule has 2 heterocycles. The molecular formula is C15H18N4O2S. The van der Waals surface area contributed by atoms with E-state index in [0.29, 0.717) is 29.8 Å². The molecule has 0 fully saturated rings. The van der Waals surface area contributed by atoms with Gasteiger partial charge in [0.25, 0.3) is 0 Å². The lowest BCUT2D eigenvalue weighted by molar-refractivity contribution is -0.120. The molecule has 1 amide bonds. The highest BCUT2D eigenvalue weighted by atomic mass is 32.2. The van der Waals surface area contributed by atoms with E-state index in [1.54, 1.807) is 24.5 Å². The molecule has 7 heteroatoms. The van der Waals surface area contributed by atoms with Crippen molar-refractivity contribution in [3.05, 3.63) is 43.7 Å². The van der Waals surface area contributed by atoms with E-state index in [1.165, 1.54) is 11.8 Å². The fourth-order valence-electron chi connectivity index (χ4n) is 1.79. The monoisotopic (exact) mass is 318 g/mol. The molecule has 0 aromatic carbocycles. The second kappa shape index (κ2) is 7.65. The van der Waals surface area contributed by atoms with Crippen LogP contribution in [0.25, 0.3) is 11.6 Å². The number of furan rings is 1. The van der Waals surface area contributed by atoms with Crippen molar-refractivity contribution >= 4 is 17.7 Å². The SMILES string of the molecule is C=CCNC(=O)C(C)Sc1nnc(-c2ccco2)n1CC=C. The summed E-state index contributed by atoms with van der Waals surface area (Å²) in [6.07, 6.45) is 4.98. The van der Waals surface area contributed by atoms with Crippen LogP contribution in [0.2, 0.25) is 0 Å².